The summed E-state index contributed by atoms with van der Waals surface area (Å²) in [5, 5.41) is 11.4. The Morgan fingerprint density at radius 3 is 3.00 bits per heavy atom. The molecule has 1 saturated heterocycles. The second kappa shape index (κ2) is 6.07. The molecule has 0 aliphatic carbocycles. The Balaban J connectivity index is 1.57. The molecule has 1 aliphatic heterocycles. The number of rotatable bonds is 5. The maximum atomic E-state index is 5.57. The Morgan fingerprint density at radius 1 is 1.40 bits per heavy atom. The summed E-state index contributed by atoms with van der Waals surface area (Å²) in [5.74, 6) is 2.06. The fourth-order valence-corrected chi connectivity index (χ4v) is 2.52. The van der Waals surface area contributed by atoms with Gasteiger partial charge in [0.25, 0.3) is 5.89 Å². The van der Waals surface area contributed by atoms with Crippen molar-refractivity contribution in [2.45, 2.75) is 25.9 Å². The molecule has 1 N–H and O–H groups in total. The molecular formula is C13H16BrN3O3. The van der Waals surface area contributed by atoms with E-state index in [1.165, 1.54) is 0 Å². The molecule has 1 aliphatic rings. The number of ether oxygens (including phenoxy) is 1. The number of nitrogens with one attached hydrogen (secondary N) is 1. The topological polar surface area (TPSA) is 73.3 Å². The molecule has 2 aromatic heterocycles. The fraction of sp³-hybridized carbons (Fsp3) is 0.538. The summed E-state index contributed by atoms with van der Waals surface area (Å²) in [6, 6.07) is 3.94. The van der Waals surface area contributed by atoms with Crippen LogP contribution in [-0.2, 0) is 11.3 Å². The smallest absolute Gasteiger partial charge is 0.283 e. The minimum absolute atomic E-state index is 0.366. The molecule has 2 aromatic rings. The van der Waals surface area contributed by atoms with Gasteiger partial charge >= 0.3 is 0 Å². The third-order valence-electron chi connectivity index (χ3n) is 3.50. The third kappa shape index (κ3) is 3.11. The fourth-order valence-electron chi connectivity index (χ4n) is 2.22. The highest BCUT2D eigenvalue weighted by Crippen LogP contribution is 2.24. The van der Waals surface area contributed by atoms with Crippen molar-refractivity contribution in [3.05, 3.63) is 22.7 Å². The molecule has 0 spiro atoms. The van der Waals surface area contributed by atoms with Crippen LogP contribution in [0.2, 0.25) is 0 Å². The van der Waals surface area contributed by atoms with Crippen LogP contribution >= 0.6 is 15.9 Å². The largest absolute Gasteiger partial charge is 0.444 e. The van der Waals surface area contributed by atoms with Crippen molar-refractivity contribution in [2.75, 3.05) is 13.2 Å². The van der Waals surface area contributed by atoms with E-state index in [1.54, 1.807) is 12.1 Å². The Labute approximate surface area is 125 Å². The summed E-state index contributed by atoms with van der Waals surface area (Å²) in [6.07, 6.45) is 1.10. The van der Waals surface area contributed by atoms with E-state index in [0.29, 0.717) is 40.7 Å². The van der Waals surface area contributed by atoms with E-state index in [-0.39, 0.29) is 0 Å². The molecule has 0 amide bonds. The van der Waals surface area contributed by atoms with Gasteiger partial charge < -0.3 is 18.9 Å². The van der Waals surface area contributed by atoms with Crippen LogP contribution in [0.1, 0.15) is 19.2 Å². The maximum absolute atomic E-state index is 5.57. The molecule has 3 heterocycles. The number of hydrogen-bond acceptors (Lipinski definition) is 6. The number of halogens is 1. The molecule has 2 unspecified atom stereocenters. The molecule has 0 radical (unpaired) electrons. The first-order valence-electron chi connectivity index (χ1n) is 6.61. The van der Waals surface area contributed by atoms with E-state index in [9.17, 15) is 0 Å². The lowest BCUT2D eigenvalue weighted by Gasteiger charge is -2.17. The lowest BCUT2D eigenvalue weighted by Crippen LogP contribution is -2.33. The minimum atomic E-state index is 0.366. The van der Waals surface area contributed by atoms with E-state index in [4.69, 9.17) is 13.6 Å². The van der Waals surface area contributed by atoms with Crippen LogP contribution in [0, 0.1) is 5.92 Å². The van der Waals surface area contributed by atoms with Crippen LogP contribution in [-0.4, -0.2) is 29.5 Å². The number of furan rings is 1. The van der Waals surface area contributed by atoms with Crippen molar-refractivity contribution in [1.29, 1.82) is 0 Å². The molecule has 6 nitrogen and oxygen atoms in total. The highest BCUT2D eigenvalue weighted by atomic mass is 79.9. The summed E-state index contributed by atoms with van der Waals surface area (Å²) in [4.78, 5) is 0. The summed E-state index contributed by atoms with van der Waals surface area (Å²) >= 11 is 3.24. The quantitative estimate of drug-likeness (QED) is 0.900. The van der Waals surface area contributed by atoms with E-state index >= 15 is 0 Å². The van der Waals surface area contributed by atoms with Crippen molar-refractivity contribution >= 4 is 15.9 Å². The third-order valence-corrected chi connectivity index (χ3v) is 3.92. The van der Waals surface area contributed by atoms with Gasteiger partial charge in [-0.2, -0.15) is 0 Å². The first-order chi connectivity index (χ1) is 9.72. The lowest BCUT2D eigenvalue weighted by molar-refractivity contribution is 0.177. The number of hydrogen-bond donors (Lipinski definition) is 1. The van der Waals surface area contributed by atoms with Gasteiger partial charge in [0.1, 0.15) is 0 Å². The van der Waals surface area contributed by atoms with E-state index in [1.807, 2.05) is 0 Å². The predicted molar refractivity (Wildman–Crippen MR) is 74.9 cm³/mol. The van der Waals surface area contributed by atoms with Gasteiger partial charge in [0, 0.05) is 12.6 Å². The van der Waals surface area contributed by atoms with Crippen LogP contribution in [0.15, 0.2) is 25.6 Å². The van der Waals surface area contributed by atoms with Crippen LogP contribution in [0.4, 0.5) is 0 Å². The van der Waals surface area contributed by atoms with E-state index < -0.39 is 0 Å². The molecular weight excluding hydrogens is 326 g/mol. The average molecular weight is 342 g/mol. The highest BCUT2D eigenvalue weighted by molar-refractivity contribution is 9.10. The number of aromatic nitrogens is 2. The SMILES string of the molecule is CC(NCc1nnc(-c2ccc(Br)o2)o1)C1CCOC1. The van der Waals surface area contributed by atoms with Gasteiger partial charge in [0.05, 0.1) is 13.2 Å². The standard InChI is InChI=1S/C13H16BrN3O3/c1-8(9-4-5-18-7-9)15-6-12-16-17-13(20-12)10-2-3-11(14)19-10/h2-3,8-9,15H,4-7H2,1H3. The predicted octanol–water partition coefficient (Wildman–Crippen LogP) is 2.61. The zero-order valence-electron chi connectivity index (χ0n) is 11.1. The molecule has 20 heavy (non-hydrogen) atoms. The zero-order valence-corrected chi connectivity index (χ0v) is 12.7. The average Bonchev–Trinajstić information content (AvgIpc) is 3.16. The van der Waals surface area contributed by atoms with Crippen LogP contribution in [0.25, 0.3) is 11.7 Å². The van der Waals surface area contributed by atoms with Crippen molar-refractivity contribution in [2.24, 2.45) is 5.92 Å². The van der Waals surface area contributed by atoms with Gasteiger partial charge in [0.2, 0.25) is 5.89 Å². The molecule has 1 fully saturated rings. The van der Waals surface area contributed by atoms with Crippen LogP contribution < -0.4 is 5.32 Å². The summed E-state index contributed by atoms with van der Waals surface area (Å²) in [7, 11) is 0. The van der Waals surface area contributed by atoms with Gasteiger partial charge in [-0.05, 0) is 47.3 Å². The Bertz CT molecular complexity index is 563. The van der Waals surface area contributed by atoms with Gasteiger partial charge in [-0.15, -0.1) is 10.2 Å². The molecule has 108 valence electrons. The van der Waals surface area contributed by atoms with Gasteiger partial charge in [-0.3, -0.25) is 0 Å². The molecule has 0 bridgehead atoms. The lowest BCUT2D eigenvalue weighted by atomic mass is 10.0. The van der Waals surface area contributed by atoms with Crippen molar-refractivity contribution < 1.29 is 13.6 Å². The van der Waals surface area contributed by atoms with Crippen LogP contribution in [0.5, 0.6) is 0 Å². The van der Waals surface area contributed by atoms with Crippen molar-refractivity contribution in [1.82, 2.24) is 15.5 Å². The molecule has 3 rings (SSSR count). The first-order valence-corrected chi connectivity index (χ1v) is 7.41. The van der Waals surface area contributed by atoms with Gasteiger partial charge in [0.15, 0.2) is 10.4 Å². The zero-order chi connectivity index (χ0) is 13.9. The number of nitrogens with zero attached hydrogens (tertiary/aromatic N) is 2. The first kappa shape index (κ1) is 13.8. The summed E-state index contributed by atoms with van der Waals surface area (Å²) < 4.78 is 17.0. The van der Waals surface area contributed by atoms with Gasteiger partial charge in [-0.1, -0.05) is 0 Å². The highest BCUT2D eigenvalue weighted by Gasteiger charge is 2.22. The van der Waals surface area contributed by atoms with Crippen molar-refractivity contribution in [3.8, 4) is 11.7 Å². The summed E-state index contributed by atoms with van der Waals surface area (Å²) in [5.41, 5.74) is 0. The van der Waals surface area contributed by atoms with Crippen LogP contribution in [0.3, 0.4) is 0 Å². The second-order valence-corrected chi connectivity index (χ2v) is 5.68. The monoisotopic (exact) mass is 341 g/mol. The molecule has 0 aromatic carbocycles. The Hall–Kier alpha value is -1.18. The van der Waals surface area contributed by atoms with Gasteiger partial charge in [-0.25, -0.2) is 0 Å². The molecule has 2 atom stereocenters. The molecule has 7 heteroatoms. The Morgan fingerprint density at radius 2 is 2.30 bits per heavy atom. The minimum Gasteiger partial charge on any atom is -0.444 e. The normalized spacial score (nSPS) is 20.4. The van der Waals surface area contributed by atoms with E-state index in [0.717, 1.165) is 19.6 Å². The summed E-state index contributed by atoms with van der Waals surface area (Å²) in [6.45, 7) is 4.38. The second-order valence-electron chi connectivity index (χ2n) is 4.90. The van der Waals surface area contributed by atoms with E-state index in [2.05, 4.69) is 38.4 Å². The molecule has 0 saturated carbocycles. The maximum Gasteiger partial charge on any atom is 0.283 e. The Kier molecular flexibility index (Phi) is 4.18. The van der Waals surface area contributed by atoms with Crippen molar-refractivity contribution in [3.63, 3.8) is 0 Å².